The molecule has 2 aromatic rings. The van der Waals surface area contributed by atoms with Crippen LogP contribution in [0.3, 0.4) is 0 Å². The Labute approximate surface area is 123 Å². The molecule has 1 aromatic carbocycles. The molecule has 2 N–H and O–H groups in total. The fourth-order valence-corrected chi connectivity index (χ4v) is 2.68. The SMILES string of the molecule is CNc1ncc(S(=O)(=O)Nc2ccc(OC)c(C)c2)cn1. The minimum absolute atomic E-state index is 0.00466. The fraction of sp³-hybridized carbons (Fsp3) is 0.231. The van der Waals surface area contributed by atoms with Crippen LogP contribution in [0.1, 0.15) is 5.56 Å². The number of hydrogen-bond donors (Lipinski definition) is 2. The Kier molecular flexibility index (Phi) is 4.27. The first-order valence-electron chi connectivity index (χ1n) is 6.13. The van der Waals surface area contributed by atoms with Gasteiger partial charge in [-0.05, 0) is 30.7 Å². The molecule has 7 nitrogen and oxygen atoms in total. The van der Waals surface area contributed by atoms with Crippen LogP contribution in [-0.2, 0) is 10.0 Å². The normalized spacial score (nSPS) is 11.0. The van der Waals surface area contributed by atoms with E-state index in [0.29, 0.717) is 17.4 Å². The van der Waals surface area contributed by atoms with Gasteiger partial charge in [0.15, 0.2) is 0 Å². The number of aryl methyl sites for hydroxylation is 1. The average molecular weight is 308 g/mol. The minimum Gasteiger partial charge on any atom is -0.496 e. The van der Waals surface area contributed by atoms with E-state index in [0.717, 1.165) is 5.56 Å². The number of hydrogen-bond acceptors (Lipinski definition) is 6. The van der Waals surface area contributed by atoms with Crippen molar-refractivity contribution in [1.82, 2.24) is 9.97 Å². The van der Waals surface area contributed by atoms with E-state index >= 15 is 0 Å². The molecule has 2 rings (SSSR count). The Morgan fingerprint density at radius 3 is 2.38 bits per heavy atom. The van der Waals surface area contributed by atoms with Crippen LogP contribution in [-0.4, -0.2) is 32.5 Å². The van der Waals surface area contributed by atoms with Crippen LogP contribution >= 0.6 is 0 Å². The van der Waals surface area contributed by atoms with E-state index in [1.807, 2.05) is 6.92 Å². The fourth-order valence-electron chi connectivity index (χ4n) is 1.74. The van der Waals surface area contributed by atoms with Gasteiger partial charge in [-0.2, -0.15) is 0 Å². The van der Waals surface area contributed by atoms with Crippen LogP contribution < -0.4 is 14.8 Å². The summed E-state index contributed by atoms with van der Waals surface area (Å²) in [4.78, 5) is 7.77. The maximum atomic E-state index is 12.2. The van der Waals surface area contributed by atoms with E-state index in [4.69, 9.17) is 4.74 Å². The second-order valence-electron chi connectivity index (χ2n) is 4.28. The van der Waals surface area contributed by atoms with E-state index in [1.165, 1.54) is 12.4 Å². The van der Waals surface area contributed by atoms with Crippen molar-refractivity contribution in [2.75, 3.05) is 24.2 Å². The van der Waals surface area contributed by atoms with Crippen LogP contribution in [0.15, 0.2) is 35.5 Å². The van der Waals surface area contributed by atoms with Crippen molar-refractivity contribution in [2.24, 2.45) is 0 Å². The van der Waals surface area contributed by atoms with Gasteiger partial charge in [0.05, 0.1) is 19.5 Å². The third kappa shape index (κ3) is 3.40. The highest BCUT2D eigenvalue weighted by molar-refractivity contribution is 7.92. The number of anilines is 2. The molecule has 0 atom stereocenters. The van der Waals surface area contributed by atoms with Gasteiger partial charge in [0, 0.05) is 12.7 Å². The van der Waals surface area contributed by atoms with Crippen LogP contribution in [0.25, 0.3) is 0 Å². The van der Waals surface area contributed by atoms with Crippen LogP contribution in [0.2, 0.25) is 0 Å². The first-order valence-corrected chi connectivity index (χ1v) is 7.62. The average Bonchev–Trinajstić information content (AvgIpc) is 2.47. The smallest absolute Gasteiger partial charge is 0.264 e. The molecular weight excluding hydrogens is 292 g/mol. The molecule has 0 spiro atoms. The van der Waals surface area contributed by atoms with Gasteiger partial charge in [0.1, 0.15) is 10.6 Å². The van der Waals surface area contributed by atoms with Gasteiger partial charge >= 0.3 is 0 Å². The minimum atomic E-state index is -3.72. The Morgan fingerprint density at radius 2 is 1.86 bits per heavy atom. The van der Waals surface area contributed by atoms with Crippen molar-refractivity contribution in [2.45, 2.75) is 11.8 Å². The molecule has 21 heavy (non-hydrogen) atoms. The monoisotopic (exact) mass is 308 g/mol. The second-order valence-corrected chi connectivity index (χ2v) is 5.96. The van der Waals surface area contributed by atoms with Crippen molar-refractivity contribution >= 4 is 21.7 Å². The van der Waals surface area contributed by atoms with E-state index in [2.05, 4.69) is 20.0 Å². The van der Waals surface area contributed by atoms with Gasteiger partial charge in [-0.15, -0.1) is 0 Å². The summed E-state index contributed by atoms with van der Waals surface area (Å²) in [5.74, 6) is 1.05. The van der Waals surface area contributed by atoms with Crippen molar-refractivity contribution in [1.29, 1.82) is 0 Å². The van der Waals surface area contributed by atoms with Crippen LogP contribution in [0.4, 0.5) is 11.6 Å². The molecule has 0 aliphatic carbocycles. The van der Waals surface area contributed by atoms with Gasteiger partial charge in [0.25, 0.3) is 10.0 Å². The van der Waals surface area contributed by atoms with E-state index < -0.39 is 10.0 Å². The molecule has 0 aliphatic rings. The molecule has 1 heterocycles. The number of nitrogens with zero attached hydrogens (tertiary/aromatic N) is 2. The highest BCUT2D eigenvalue weighted by Crippen LogP contribution is 2.23. The van der Waals surface area contributed by atoms with Crippen LogP contribution in [0.5, 0.6) is 5.75 Å². The molecule has 0 aliphatic heterocycles. The summed E-state index contributed by atoms with van der Waals surface area (Å²) in [5.41, 5.74) is 1.28. The second kappa shape index (κ2) is 5.96. The molecule has 8 heteroatoms. The molecule has 1 aromatic heterocycles. The molecule has 0 radical (unpaired) electrons. The van der Waals surface area contributed by atoms with Gasteiger partial charge in [-0.1, -0.05) is 0 Å². The number of nitrogens with one attached hydrogen (secondary N) is 2. The van der Waals surface area contributed by atoms with Crippen molar-refractivity contribution < 1.29 is 13.2 Å². The Bertz CT molecular complexity index is 730. The predicted molar refractivity (Wildman–Crippen MR) is 80.1 cm³/mol. The molecule has 0 amide bonds. The lowest BCUT2D eigenvalue weighted by molar-refractivity contribution is 0.412. The summed E-state index contributed by atoms with van der Waals surface area (Å²) >= 11 is 0. The predicted octanol–water partition coefficient (Wildman–Crippen LogP) is 1.64. The summed E-state index contributed by atoms with van der Waals surface area (Å²) in [6, 6.07) is 5.03. The maximum absolute atomic E-state index is 12.2. The van der Waals surface area contributed by atoms with Gasteiger partial charge in [0.2, 0.25) is 5.95 Å². The van der Waals surface area contributed by atoms with Crippen molar-refractivity contribution in [3.05, 3.63) is 36.2 Å². The molecular formula is C13H16N4O3S. The van der Waals surface area contributed by atoms with Crippen LogP contribution in [0, 0.1) is 6.92 Å². The number of aromatic nitrogens is 2. The molecule has 112 valence electrons. The number of sulfonamides is 1. The lowest BCUT2D eigenvalue weighted by Crippen LogP contribution is -2.14. The van der Waals surface area contributed by atoms with E-state index in [1.54, 1.807) is 32.4 Å². The Hall–Kier alpha value is -2.35. The summed E-state index contributed by atoms with van der Waals surface area (Å²) in [6.45, 7) is 1.83. The van der Waals surface area contributed by atoms with Crippen molar-refractivity contribution in [3.63, 3.8) is 0 Å². The largest absolute Gasteiger partial charge is 0.496 e. The lowest BCUT2D eigenvalue weighted by atomic mass is 10.2. The number of benzene rings is 1. The zero-order chi connectivity index (χ0) is 15.5. The third-order valence-corrected chi connectivity index (χ3v) is 4.14. The topological polar surface area (TPSA) is 93.2 Å². The van der Waals surface area contributed by atoms with E-state index in [9.17, 15) is 8.42 Å². The molecule has 0 bridgehead atoms. The number of methoxy groups -OCH3 is 1. The first kappa shape index (κ1) is 15.0. The molecule has 0 saturated carbocycles. The summed E-state index contributed by atoms with van der Waals surface area (Å²) < 4.78 is 32.1. The Balaban J connectivity index is 2.26. The number of rotatable bonds is 5. The quantitative estimate of drug-likeness (QED) is 0.872. The maximum Gasteiger partial charge on any atom is 0.264 e. The molecule has 0 saturated heterocycles. The first-order chi connectivity index (χ1) is 9.96. The summed E-state index contributed by atoms with van der Waals surface area (Å²) in [7, 11) is -0.501. The van der Waals surface area contributed by atoms with Crippen molar-refractivity contribution in [3.8, 4) is 5.75 Å². The standard InChI is InChI=1S/C13H16N4O3S/c1-9-6-10(4-5-12(9)20-3)17-21(18,19)11-7-15-13(14-2)16-8-11/h4-8,17H,1-3H3,(H,14,15,16). The molecule has 0 fully saturated rings. The molecule has 0 unspecified atom stereocenters. The van der Waals surface area contributed by atoms with Gasteiger partial charge < -0.3 is 10.1 Å². The van der Waals surface area contributed by atoms with E-state index in [-0.39, 0.29) is 4.90 Å². The zero-order valence-corrected chi connectivity index (χ0v) is 12.7. The van der Waals surface area contributed by atoms with Gasteiger partial charge in [-0.25, -0.2) is 18.4 Å². The summed E-state index contributed by atoms with van der Waals surface area (Å²) in [5, 5.41) is 2.72. The third-order valence-electron chi connectivity index (χ3n) is 2.81. The zero-order valence-electron chi connectivity index (χ0n) is 11.9. The number of ether oxygens (including phenoxy) is 1. The lowest BCUT2D eigenvalue weighted by Gasteiger charge is -2.10. The Morgan fingerprint density at radius 1 is 1.19 bits per heavy atom. The summed E-state index contributed by atoms with van der Waals surface area (Å²) in [6.07, 6.45) is 2.50. The highest BCUT2D eigenvalue weighted by Gasteiger charge is 2.16. The highest BCUT2D eigenvalue weighted by atomic mass is 32.2. The van der Waals surface area contributed by atoms with Gasteiger partial charge in [-0.3, -0.25) is 4.72 Å².